The number of phenols is 2. The number of nitrogens with one attached hydrogen (secondary N) is 1. The third kappa shape index (κ3) is 3.07. The quantitative estimate of drug-likeness (QED) is 0.600. The van der Waals surface area contributed by atoms with Crippen molar-refractivity contribution in [1.82, 2.24) is 5.43 Å². The van der Waals surface area contributed by atoms with Crippen molar-refractivity contribution in [2.45, 2.75) is 0 Å². The van der Waals surface area contributed by atoms with Gasteiger partial charge in [0.1, 0.15) is 11.5 Å². The fraction of sp³-hybridized carbons (Fsp3) is 0. The van der Waals surface area contributed by atoms with Crippen LogP contribution < -0.4 is 5.43 Å². The first-order chi connectivity index (χ1) is 9.59. The summed E-state index contributed by atoms with van der Waals surface area (Å²) in [6, 6.07) is 10.7. The lowest BCUT2D eigenvalue weighted by Crippen LogP contribution is -2.17. The van der Waals surface area contributed by atoms with Crippen LogP contribution in [0.4, 0.5) is 0 Å². The van der Waals surface area contributed by atoms with Crippen LogP contribution in [0.5, 0.6) is 11.5 Å². The Morgan fingerprint density at radius 1 is 1.10 bits per heavy atom. The van der Waals surface area contributed by atoms with Crippen LogP contribution in [0.1, 0.15) is 15.9 Å². The highest BCUT2D eigenvalue weighted by molar-refractivity contribution is 6.33. The summed E-state index contributed by atoms with van der Waals surface area (Å²) in [5.41, 5.74) is 2.65. The highest BCUT2D eigenvalue weighted by Gasteiger charge is 2.09. The molecule has 2 aromatic carbocycles. The first-order valence-electron chi connectivity index (χ1n) is 5.68. The molecular weight excluding hydrogens is 280 g/mol. The molecule has 2 rings (SSSR count). The lowest BCUT2D eigenvalue weighted by Gasteiger charge is -2.03. The van der Waals surface area contributed by atoms with Crippen LogP contribution in [0.15, 0.2) is 47.6 Å². The SMILES string of the molecule is O=C(NN=Cc1c(O)cccc1Cl)c1ccccc1O. The molecule has 0 atom stereocenters. The third-order valence-corrected chi connectivity index (χ3v) is 2.87. The number of halogens is 1. The normalized spacial score (nSPS) is 10.7. The molecule has 0 radical (unpaired) electrons. The van der Waals surface area contributed by atoms with Crippen LogP contribution in [0.25, 0.3) is 0 Å². The summed E-state index contributed by atoms with van der Waals surface area (Å²) in [7, 11) is 0. The lowest BCUT2D eigenvalue weighted by molar-refractivity contribution is 0.0952. The van der Waals surface area contributed by atoms with E-state index in [0.29, 0.717) is 10.6 Å². The van der Waals surface area contributed by atoms with Crippen molar-refractivity contribution in [3.8, 4) is 11.5 Å². The summed E-state index contributed by atoms with van der Waals surface area (Å²) in [6.45, 7) is 0. The van der Waals surface area contributed by atoms with E-state index in [1.54, 1.807) is 24.3 Å². The summed E-state index contributed by atoms with van der Waals surface area (Å²) in [5.74, 6) is -0.746. The molecule has 0 aromatic heterocycles. The summed E-state index contributed by atoms with van der Waals surface area (Å²) in [6.07, 6.45) is 1.23. The van der Waals surface area contributed by atoms with Crippen molar-refractivity contribution in [2.75, 3.05) is 0 Å². The van der Waals surface area contributed by atoms with Crippen LogP contribution in [-0.2, 0) is 0 Å². The lowest BCUT2D eigenvalue weighted by atomic mass is 10.2. The van der Waals surface area contributed by atoms with Crippen molar-refractivity contribution in [3.63, 3.8) is 0 Å². The molecule has 0 spiro atoms. The molecule has 0 unspecified atom stereocenters. The van der Waals surface area contributed by atoms with Gasteiger partial charge in [0.15, 0.2) is 0 Å². The number of para-hydroxylation sites is 1. The summed E-state index contributed by atoms with van der Waals surface area (Å²) in [5, 5.41) is 23.1. The Balaban J connectivity index is 2.11. The van der Waals surface area contributed by atoms with E-state index in [1.807, 2.05) is 0 Å². The van der Waals surface area contributed by atoms with Crippen LogP contribution in [0.2, 0.25) is 5.02 Å². The Labute approximate surface area is 120 Å². The van der Waals surface area contributed by atoms with Gasteiger partial charge < -0.3 is 10.2 Å². The van der Waals surface area contributed by atoms with E-state index < -0.39 is 5.91 Å². The predicted octanol–water partition coefficient (Wildman–Crippen LogP) is 2.52. The summed E-state index contributed by atoms with van der Waals surface area (Å²) >= 11 is 5.88. The fourth-order valence-electron chi connectivity index (χ4n) is 1.53. The number of benzene rings is 2. The summed E-state index contributed by atoms with van der Waals surface area (Å²) < 4.78 is 0. The Morgan fingerprint density at radius 3 is 2.50 bits per heavy atom. The molecule has 0 aliphatic carbocycles. The average Bonchev–Trinajstić information content (AvgIpc) is 2.42. The fourth-order valence-corrected chi connectivity index (χ4v) is 1.75. The molecule has 0 bridgehead atoms. The molecular formula is C14H11ClN2O3. The molecule has 20 heavy (non-hydrogen) atoms. The largest absolute Gasteiger partial charge is 0.507 e. The average molecular weight is 291 g/mol. The third-order valence-electron chi connectivity index (χ3n) is 2.54. The molecule has 5 nitrogen and oxygen atoms in total. The maximum absolute atomic E-state index is 11.7. The molecule has 0 aliphatic heterocycles. The number of nitrogens with zero attached hydrogens (tertiary/aromatic N) is 1. The highest BCUT2D eigenvalue weighted by Crippen LogP contribution is 2.23. The Bertz CT molecular complexity index is 651. The van der Waals surface area contributed by atoms with Crippen molar-refractivity contribution in [2.24, 2.45) is 5.10 Å². The van der Waals surface area contributed by atoms with Gasteiger partial charge in [-0.2, -0.15) is 5.10 Å². The van der Waals surface area contributed by atoms with Crippen LogP contribution in [-0.4, -0.2) is 22.3 Å². The zero-order valence-electron chi connectivity index (χ0n) is 10.2. The Morgan fingerprint density at radius 2 is 1.80 bits per heavy atom. The number of carbonyl (C=O) groups is 1. The van der Waals surface area contributed by atoms with Gasteiger partial charge in [-0.15, -0.1) is 0 Å². The molecule has 6 heteroatoms. The predicted molar refractivity (Wildman–Crippen MR) is 76.3 cm³/mol. The van der Waals surface area contributed by atoms with Gasteiger partial charge in [0.05, 0.1) is 22.4 Å². The maximum Gasteiger partial charge on any atom is 0.275 e. The molecule has 0 fully saturated rings. The standard InChI is InChI=1S/C14H11ClN2O3/c15-11-5-3-7-13(19)10(11)8-16-17-14(20)9-4-1-2-6-12(9)18/h1-8,18-19H,(H,17,20). The smallest absolute Gasteiger partial charge is 0.275 e. The number of hydrogen-bond acceptors (Lipinski definition) is 4. The monoisotopic (exact) mass is 290 g/mol. The van der Waals surface area contributed by atoms with Gasteiger partial charge in [-0.05, 0) is 24.3 Å². The van der Waals surface area contributed by atoms with Gasteiger partial charge in [-0.1, -0.05) is 29.8 Å². The van der Waals surface area contributed by atoms with E-state index in [0.717, 1.165) is 0 Å². The van der Waals surface area contributed by atoms with E-state index >= 15 is 0 Å². The van der Waals surface area contributed by atoms with E-state index in [1.165, 1.54) is 24.4 Å². The first-order valence-corrected chi connectivity index (χ1v) is 6.06. The van der Waals surface area contributed by atoms with Crippen molar-refractivity contribution in [3.05, 3.63) is 58.6 Å². The van der Waals surface area contributed by atoms with Crippen molar-refractivity contribution >= 4 is 23.7 Å². The number of hydrazone groups is 1. The molecule has 102 valence electrons. The van der Waals surface area contributed by atoms with Gasteiger partial charge in [-0.3, -0.25) is 4.79 Å². The van der Waals surface area contributed by atoms with Crippen LogP contribution in [0.3, 0.4) is 0 Å². The van der Waals surface area contributed by atoms with Crippen LogP contribution in [0, 0.1) is 0 Å². The molecule has 1 amide bonds. The molecule has 3 N–H and O–H groups in total. The first kappa shape index (κ1) is 13.9. The molecule has 0 heterocycles. The number of aromatic hydroxyl groups is 2. The summed E-state index contributed by atoms with van der Waals surface area (Å²) in [4.78, 5) is 11.7. The minimum atomic E-state index is -0.564. The molecule has 0 aliphatic rings. The van der Waals surface area contributed by atoms with E-state index in [4.69, 9.17) is 11.6 Å². The Kier molecular flexibility index (Phi) is 4.22. The number of carbonyl (C=O) groups excluding carboxylic acids is 1. The van der Waals surface area contributed by atoms with Crippen molar-refractivity contribution < 1.29 is 15.0 Å². The zero-order valence-corrected chi connectivity index (χ0v) is 11.0. The number of amides is 1. The highest BCUT2D eigenvalue weighted by atomic mass is 35.5. The van der Waals surface area contributed by atoms with Gasteiger partial charge in [0, 0.05) is 0 Å². The van der Waals surface area contributed by atoms with Gasteiger partial charge >= 0.3 is 0 Å². The van der Waals surface area contributed by atoms with Gasteiger partial charge in [-0.25, -0.2) is 5.43 Å². The maximum atomic E-state index is 11.7. The van der Waals surface area contributed by atoms with Gasteiger partial charge in [0.2, 0.25) is 0 Å². The second-order valence-electron chi connectivity index (χ2n) is 3.89. The van der Waals surface area contributed by atoms with Crippen LogP contribution >= 0.6 is 11.6 Å². The molecule has 2 aromatic rings. The van der Waals surface area contributed by atoms with Crippen molar-refractivity contribution in [1.29, 1.82) is 0 Å². The molecule has 0 saturated carbocycles. The number of rotatable bonds is 3. The second-order valence-corrected chi connectivity index (χ2v) is 4.30. The minimum Gasteiger partial charge on any atom is -0.507 e. The van der Waals surface area contributed by atoms with E-state index in [2.05, 4.69) is 10.5 Å². The Hall–Kier alpha value is -2.53. The minimum absolute atomic E-state index is 0.0435. The topological polar surface area (TPSA) is 81.9 Å². The molecule has 0 saturated heterocycles. The second kappa shape index (κ2) is 6.08. The number of phenolic OH excluding ortho intramolecular Hbond substituents is 2. The number of hydrogen-bond donors (Lipinski definition) is 3. The van der Waals surface area contributed by atoms with E-state index in [-0.39, 0.29) is 17.1 Å². The van der Waals surface area contributed by atoms with Gasteiger partial charge in [0.25, 0.3) is 5.91 Å². The van der Waals surface area contributed by atoms with E-state index in [9.17, 15) is 15.0 Å². The zero-order chi connectivity index (χ0) is 14.5.